The van der Waals surface area contributed by atoms with E-state index in [1.807, 2.05) is 0 Å². The Morgan fingerprint density at radius 1 is 1.28 bits per heavy atom. The molecule has 0 radical (unpaired) electrons. The lowest BCUT2D eigenvalue weighted by Gasteiger charge is -2.09. The second-order valence-corrected chi connectivity index (χ2v) is 7.54. The quantitative estimate of drug-likeness (QED) is 0.614. The van der Waals surface area contributed by atoms with Gasteiger partial charge in [0.25, 0.3) is 5.91 Å². The molecule has 1 aliphatic carbocycles. The number of rotatable bonds is 7. The molecule has 1 fully saturated rings. The molecule has 2 heterocycles. The number of benzene rings is 1. The van der Waals surface area contributed by atoms with Crippen LogP contribution in [-0.4, -0.2) is 27.0 Å². The highest BCUT2D eigenvalue weighted by Gasteiger charge is 2.27. The second kappa shape index (κ2) is 7.92. The van der Waals surface area contributed by atoms with Crippen LogP contribution in [0.25, 0.3) is 0 Å². The van der Waals surface area contributed by atoms with Crippen LogP contribution in [0.15, 0.2) is 36.5 Å². The largest absolute Gasteiger partial charge is 0.435 e. The highest BCUT2D eigenvalue weighted by molar-refractivity contribution is 7.15. The zero-order valence-electron chi connectivity index (χ0n) is 15.1. The Morgan fingerprint density at radius 3 is 2.83 bits per heavy atom. The van der Waals surface area contributed by atoms with Crippen molar-refractivity contribution < 1.29 is 18.7 Å². The van der Waals surface area contributed by atoms with Gasteiger partial charge in [0.05, 0.1) is 6.42 Å². The third kappa shape index (κ3) is 4.54. The highest BCUT2D eigenvalue weighted by Crippen LogP contribution is 2.42. The van der Waals surface area contributed by atoms with Gasteiger partial charge in [-0.15, -0.1) is 10.2 Å². The predicted molar refractivity (Wildman–Crippen MR) is 103 cm³/mol. The van der Waals surface area contributed by atoms with E-state index < -0.39 is 11.7 Å². The van der Waals surface area contributed by atoms with Crippen LogP contribution in [0, 0.1) is 5.82 Å². The number of carbonyl (C=O) groups excluding carboxylic acids is 2. The minimum absolute atomic E-state index is 0.0360. The van der Waals surface area contributed by atoms with Crippen molar-refractivity contribution in [3.05, 3.63) is 58.5 Å². The number of hydrogen-bond acceptors (Lipinski definition) is 7. The second-order valence-electron chi connectivity index (χ2n) is 6.53. The highest BCUT2D eigenvalue weighted by atomic mass is 32.1. The molecule has 4 rings (SSSR count). The van der Waals surface area contributed by atoms with Crippen LogP contribution in [0.1, 0.15) is 39.7 Å². The molecule has 2 aromatic heterocycles. The maximum Gasteiger partial charge on any atom is 0.254 e. The van der Waals surface area contributed by atoms with Gasteiger partial charge in [-0.2, -0.15) is 0 Å². The summed E-state index contributed by atoms with van der Waals surface area (Å²) in [6.07, 6.45) is 3.58. The summed E-state index contributed by atoms with van der Waals surface area (Å²) < 4.78 is 19.8. The topological polar surface area (TPSA) is 120 Å². The van der Waals surface area contributed by atoms with Crippen molar-refractivity contribution in [2.24, 2.45) is 5.73 Å². The van der Waals surface area contributed by atoms with Gasteiger partial charge in [-0.1, -0.05) is 17.4 Å². The molecule has 3 aromatic rings. The number of amides is 2. The number of anilines is 1. The standard InChI is InChI=1S/C19H16FN5O3S/c20-13-8-10(9-15(26)23-19-25-24-18(29-19)11-4-5-11)3-6-14(13)28-17-12(16(21)27)2-1-7-22-17/h1-3,6-8,11H,4-5,9H2,(H2,21,27)(H,23,25,26). The number of nitrogens with two attached hydrogens (primary N) is 1. The summed E-state index contributed by atoms with van der Waals surface area (Å²) in [7, 11) is 0. The Labute approximate surface area is 168 Å². The number of carbonyl (C=O) groups is 2. The van der Waals surface area contributed by atoms with Crippen LogP contribution >= 0.6 is 11.3 Å². The van der Waals surface area contributed by atoms with Crippen molar-refractivity contribution in [3.8, 4) is 11.6 Å². The first kappa shape index (κ1) is 18.9. The zero-order valence-corrected chi connectivity index (χ0v) is 15.9. The van der Waals surface area contributed by atoms with Gasteiger partial charge < -0.3 is 15.8 Å². The number of ether oxygens (including phenoxy) is 1. The predicted octanol–water partition coefficient (Wildman–Crippen LogP) is 3.02. The number of primary amides is 1. The van der Waals surface area contributed by atoms with Crippen molar-refractivity contribution in [1.82, 2.24) is 15.2 Å². The molecule has 0 atom stereocenters. The molecule has 3 N–H and O–H groups in total. The molecule has 0 aliphatic heterocycles. The molecular formula is C19H16FN5O3S. The molecule has 0 unspecified atom stereocenters. The fraction of sp³-hybridized carbons (Fsp3) is 0.211. The van der Waals surface area contributed by atoms with E-state index in [1.54, 1.807) is 6.07 Å². The smallest absolute Gasteiger partial charge is 0.254 e. The Morgan fingerprint density at radius 2 is 2.10 bits per heavy atom. The fourth-order valence-corrected chi connectivity index (χ4v) is 3.56. The third-order valence-corrected chi connectivity index (χ3v) is 5.22. The number of pyridine rings is 1. The monoisotopic (exact) mass is 413 g/mol. The molecule has 0 bridgehead atoms. The number of nitrogens with one attached hydrogen (secondary N) is 1. The van der Waals surface area contributed by atoms with Crippen molar-refractivity contribution in [1.29, 1.82) is 0 Å². The van der Waals surface area contributed by atoms with Gasteiger partial charge in [-0.3, -0.25) is 9.59 Å². The molecule has 1 aliphatic rings. The molecule has 29 heavy (non-hydrogen) atoms. The number of hydrogen-bond donors (Lipinski definition) is 2. The van der Waals surface area contributed by atoms with Gasteiger partial charge in [0.15, 0.2) is 11.6 Å². The Balaban J connectivity index is 1.41. The molecule has 2 amide bonds. The lowest BCUT2D eigenvalue weighted by Crippen LogP contribution is -2.14. The van der Waals surface area contributed by atoms with Crippen molar-refractivity contribution in [2.45, 2.75) is 25.2 Å². The van der Waals surface area contributed by atoms with E-state index in [9.17, 15) is 14.0 Å². The number of halogens is 1. The van der Waals surface area contributed by atoms with Crippen molar-refractivity contribution in [2.75, 3.05) is 5.32 Å². The number of nitrogens with zero attached hydrogens (tertiary/aromatic N) is 3. The van der Waals surface area contributed by atoms with Gasteiger partial charge in [-0.25, -0.2) is 9.37 Å². The minimum atomic E-state index is -0.733. The normalized spacial score (nSPS) is 13.1. The van der Waals surface area contributed by atoms with E-state index >= 15 is 0 Å². The van der Waals surface area contributed by atoms with Gasteiger partial charge in [0.1, 0.15) is 10.6 Å². The first-order valence-corrected chi connectivity index (χ1v) is 9.65. The molecule has 10 heteroatoms. The molecule has 0 spiro atoms. The average Bonchev–Trinajstić information content (AvgIpc) is 3.44. The van der Waals surface area contributed by atoms with E-state index in [0.29, 0.717) is 16.6 Å². The van der Waals surface area contributed by atoms with Crippen LogP contribution in [0.2, 0.25) is 0 Å². The third-order valence-electron chi connectivity index (χ3n) is 4.22. The minimum Gasteiger partial charge on any atom is -0.435 e. The SMILES string of the molecule is NC(=O)c1cccnc1Oc1ccc(CC(=O)Nc2nnc(C3CC3)s2)cc1F. The first-order chi connectivity index (χ1) is 14.0. The van der Waals surface area contributed by atoms with E-state index in [1.165, 1.54) is 41.8 Å². The lowest BCUT2D eigenvalue weighted by molar-refractivity contribution is -0.115. The van der Waals surface area contributed by atoms with Crippen LogP contribution in [0.5, 0.6) is 11.6 Å². The van der Waals surface area contributed by atoms with Gasteiger partial charge in [-0.05, 0) is 42.7 Å². The maximum absolute atomic E-state index is 14.4. The Kier molecular flexibility index (Phi) is 5.17. The van der Waals surface area contributed by atoms with E-state index in [-0.39, 0.29) is 29.5 Å². The summed E-state index contributed by atoms with van der Waals surface area (Å²) in [5.41, 5.74) is 5.76. The van der Waals surface area contributed by atoms with Crippen LogP contribution in [0.4, 0.5) is 9.52 Å². The summed E-state index contributed by atoms with van der Waals surface area (Å²) in [6.45, 7) is 0. The molecule has 148 valence electrons. The van der Waals surface area contributed by atoms with Crippen LogP contribution in [0.3, 0.4) is 0 Å². The first-order valence-electron chi connectivity index (χ1n) is 8.84. The van der Waals surface area contributed by atoms with E-state index in [0.717, 1.165) is 17.8 Å². The van der Waals surface area contributed by atoms with Crippen molar-refractivity contribution in [3.63, 3.8) is 0 Å². The lowest BCUT2D eigenvalue weighted by atomic mass is 10.1. The van der Waals surface area contributed by atoms with Gasteiger partial charge in [0, 0.05) is 12.1 Å². The van der Waals surface area contributed by atoms with Crippen molar-refractivity contribution >= 4 is 28.3 Å². The summed E-state index contributed by atoms with van der Waals surface area (Å²) in [6, 6.07) is 7.08. The molecule has 0 saturated heterocycles. The van der Waals surface area contributed by atoms with E-state index in [4.69, 9.17) is 10.5 Å². The van der Waals surface area contributed by atoms with Crippen LogP contribution < -0.4 is 15.8 Å². The van der Waals surface area contributed by atoms with Crippen LogP contribution in [-0.2, 0) is 11.2 Å². The van der Waals surface area contributed by atoms with Gasteiger partial charge >= 0.3 is 0 Å². The Bertz CT molecular complexity index is 1080. The summed E-state index contributed by atoms with van der Waals surface area (Å²) >= 11 is 1.36. The van der Waals surface area contributed by atoms with Gasteiger partial charge in [0.2, 0.25) is 16.9 Å². The molecular weight excluding hydrogens is 397 g/mol. The summed E-state index contributed by atoms with van der Waals surface area (Å²) in [5, 5.41) is 12.1. The maximum atomic E-state index is 14.4. The molecule has 1 aromatic carbocycles. The number of aromatic nitrogens is 3. The van der Waals surface area contributed by atoms with E-state index in [2.05, 4.69) is 20.5 Å². The Hall–Kier alpha value is -3.40. The summed E-state index contributed by atoms with van der Waals surface area (Å²) in [4.78, 5) is 27.5. The zero-order chi connectivity index (χ0) is 20.4. The summed E-state index contributed by atoms with van der Waals surface area (Å²) in [5.74, 6) is -1.50. The fourth-order valence-electron chi connectivity index (χ4n) is 2.63. The molecule has 8 nitrogen and oxygen atoms in total. The average molecular weight is 413 g/mol. The molecule has 1 saturated carbocycles.